The normalized spacial score (nSPS) is 9.20. The maximum absolute atomic E-state index is 10.6. The Labute approximate surface area is 93.5 Å². The number of aromatic nitrogens is 1. The number of hydrogen-bond donors (Lipinski definition) is 1. The quantitative estimate of drug-likeness (QED) is 0.730. The summed E-state index contributed by atoms with van der Waals surface area (Å²) in [5.41, 5.74) is 7.86. The predicted octanol–water partition coefficient (Wildman–Crippen LogP) is 1.60. The predicted molar refractivity (Wildman–Crippen MR) is 63.4 cm³/mol. The van der Waals surface area contributed by atoms with Gasteiger partial charge in [0, 0.05) is 12.5 Å². The Balaban J connectivity index is 2.71. The van der Waals surface area contributed by atoms with Crippen LogP contribution in [0.3, 0.4) is 0 Å². The number of nitrogen functional groups attached to an aromatic ring is 1. The van der Waals surface area contributed by atoms with Gasteiger partial charge in [0.1, 0.15) is 0 Å². The molecule has 0 saturated carbocycles. The summed E-state index contributed by atoms with van der Waals surface area (Å²) in [6.45, 7) is 3.40. The van der Waals surface area contributed by atoms with Crippen molar-refractivity contribution >= 4 is 22.6 Å². The van der Waals surface area contributed by atoms with Crippen molar-refractivity contribution in [1.82, 2.24) is 4.98 Å². The first-order chi connectivity index (χ1) is 7.09. The molecule has 1 heterocycles. The van der Waals surface area contributed by atoms with E-state index in [1.165, 1.54) is 18.7 Å². The Kier molecular flexibility index (Phi) is 4.19. The van der Waals surface area contributed by atoms with E-state index in [1.807, 2.05) is 6.92 Å². The monoisotopic (exact) mass is 220 g/mol. The first kappa shape index (κ1) is 11.6. The highest BCUT2D eigenvalue weighted by molar-refractivity contribution is 8.13. The lowest BCUT2D eigenvalue weighted by Gasteiger charge is -1.97. The van der Waals surface area contributed by atoms with E-state index in [4.69, 9.17) is 5.73 Å². The number of thioether (sulfide) groups is 1. The summed E-state index contributed by atoms with van der Waals surface area (Å²) in [5.74, 6) is 6.34. The van der Waals surface area contributed by atoms with Crippen LogP contribution >= 0.6 is 11.8 Å². The van der Waals surface area contributed by atoms with Gasteiger partial charge in [-0.3, -0.25) is 9.78 Å². The molecule has 0 aliphatic rings. The Morgan fingerprint density at radius 3 is 3.07 bits per heavy atom. The highest BCUT2D eigenvalue weighted by Crippen LogP contribution is 2.08. The second-order valence-electron chi connectivity index (χ2n) is 2.98. The van der Waals surface area contributed by atoms with Crippen LogP contribution in [0.15, 0.2) is 12.3 Å². The Morgan fingerprint density at radius 1 is 1.67 bits per heavy atom. The second-order valence-corrected chi connectivity index (χ2v) is 4.14. The van der Waals surface area contributed by atoms with E-state index in [0.29, 0.717) is 11.4 Å². The van der Waals surface area contributed by atoms with Gasteiger partial charge >= 0.3 is 0 Å². The molecule has 0 fully saturated rings. The van der Waals surface area contributed by atoms with Gasteiger partial charge in [-0.15, -0.1) is 0 Å². The first-order valence-corrected chi connectivity index (χ1v) is 5.42. The molecule has 4 heteroatoms. The molecule has 0 aliphatic carbocycles. The van der Waals surface area contributed by atoms with E-state index in [2.05, 4.69) is 16.8 Å². The molecule has 1 aromatic heterocycles. The molecular weight excluding hydrogens is 208 g/mol. The van der Waals surface area contributed by atoms with Gasteiger partial charge < -0.3 is 5.73 Å². The Bertz CT molecular complexity index is 432. The maximum atomic E-state index is 10.6. The third-order valence-corrected chi connectivity index (χ3v) is 2.37. The summed E-state index contributed by atoms with van der Waals surface area (Å²) in [4.78, 5) is 14.7. The van der Waals surface area contributed by atoms with Crippen LogP contribution in [-0.4, -0.2) is 15.9 Å². The van der Waals surface area contributed by atoms with Gasteiger partial charge in [0.05, 0.1) is 23.3 Å². The number of rotatable bonds is 1. The summed E-state index contributed by atoms with van der Waals surface area (Å²) >= 11 is 1.20. The molecule has 1 rings (SSSR count). The third kappa shape index (κ3) is 4.05. The highest BCUT2D eigenvalue weighted by Gasteiger charge is 1.96. The topological polar surface area (TPSA) is 56.0 Å². The average Bonchev–Trinajstić information content (AvgIpc) is 2.17. The van der Waals surface area contributed by atoms with Gasteiger partial charge in [0.15, 0.2) is 5.12 Å². The molecule has 0 bridgehead atoms. The summed E-state index contributed by atoms with van der Waals surface area (Å²) < 4.78 is 0. The zero-order valence-electron chi connectivity index (χ0n) is 8.70. The van der Waals surface area contributed by atoms with Gasteiger partial charge in [-0.05, 0) is 13.0 Å². The van der Waals surface area contributed by atoms with Crippen molar-refractivity contribution in [1.29, 1.82) is 0 Å². The third-order valence-electron chi connectivity index (χ3n) is 1.68. The first-order valence-electron chi connectivity index (χ1n) is 4.44. The van der Waals surface area contributed by atoms with Crippen LogP contribution in [0.1, 0.15) is 18.2 Å². The zero-order chi connectivity index (χ0) is 11.3. The molecular formula is C11H12N2OS. The number of hydrogen-bond acceptors (Lipinski definition) is 4. The van der Waals surface area contributed by atoms with Crippen LogP contribution in [0.4, 0.5) is 5.69 Å². The summed E-state index contributed by atoms with van der Waals surface area (Å²) in [7, 11) is 0. The molecule has 0 unspecified atom stereocenters. The molecule has 15 heavy (non-hydrogen) atoms. The minimum Gasteiger partial charge on any atom is -0.397 e. The maximum Gasteiger partial charge on any atom is 0.186 e. The number of carbonyl (C=O) groups excluding carboxylic acids is 1. The molecule has 0 aliphatic heterocycles. The molecule has 1 aromatic rings. The fourth-order valence-corrected chi connectivity index (χ4v) is 1.29. The smallest absolute Gasteiger partial charge is 0.186 e. The molecule has 0 spiro atoms. The molecule has 78 valence electrons. The molecule has 0 aromatic carbocycles. The number of anilines is 1. The van der Waals surface area contributed by atoms with Gasteiger partial charge in [-0.25, -0.2) is 0 Å². The fraction of sp³-hybridized carbons (Fsp3) is 0.273. The minimum absolute atomic E-state index is 0.0757. The largest absolute Gasteiger partial charge is 0.397 e. The number of aryl methyl sites for hydroxylation is 1. The van der Waals surface area contributed by atoms with Crippen LogP contribution in [0.5, 0.6) is 0 Å². The van der Waals surface area contributed by atoms with Gasteiger partial charge in [-0.1, -0.05) is 23.6 Å². The fourth-order valence-electron chi connectivity index (χ4n) is 0.945. The summed E-state index contributed by atoms with van der Waals surface area (Å²) in [6, 6.07) is 1.79. The van der Waals surface area contributed by atoms with Gasteiger partial charge in [-0.2, -0.15) is 0 Å². The van der Waals surface area contributed by atoms with Crippen LogP contribution < -0.4 is 5.73 Å². The number of carbonyl (C=O) groups is 1. The minimum atomic E-state index is 0.0757. The number of nitrogens with zero attached hydrogens (tertiary/aromatic N) is 1. The van der Waals surface area contributed by atoms with E-state index in [-0.39, 0.29) is 5.12 Å². The van der Waals surface area contributed by atoms with E-state index in [9.17, 15) is 4.79 Å². The molecule has 0 saturated heterocycles. The SMILES string of the molecule is CC(=O)SCC#Cc1cc(N)cnc1C. The van der Waals surface area contributed by atoms with E-state index >= 15 is 0 Å². The van der Waals surface area contributed by atoms with Crippen molar-refractivity contribution in [2.75, 3.05) is 11.5 Å². The summed E-state index contributed by atoms with van der Waals surface area (Å²) in [5, 5.41) is 0.0757. The van der Waals surface area contributed by atoms with Crippen molar-refractivity contribution in [3.05, 3.63) is 23.5 Å². The second kappa shape index (κ2) is 5.42. The van der Waals surface area contributed by atoms with E-state index < -0.39 is 0 Å². The molecule has 3 nitrogen and oxygen atoms in total. The highest BCUT2D eigenvalue weighted by atomic mass is 32.2. The summed E-state index contributed by atoms with van der Waals surface area (Å²) in [6.07, 6.45) is 1.60. The average molecular weight is 220 g/mol. The van der Waals surface area contributed by atoms with Gasteiger partial charge in [0.25, 0.3) is 0 Å². The van der Waals surface area contributed by atoms with E-state index in [0.717, 1.165) is 11.3 Å². The van der Waals surface area contributed by atoms with Crippen molar-refractivity contribution in [3.63, 3.8) is 0 Å². The Morgan fingerprint density at radius 2 is 2.40 bits per heavy atom. The number of nitrogens with two attached hydrogens (primary N) is 1. The molecule has 2 N–H and O–H groups in total. The standard InChI is InChI=1S/C11H12N2OS/c1-8-10(6-11(12)7-13-8)4-3-5-15-9(2)14/h6-7H,5,12H2,1-2H3. The van der Waals surface area contributed by atoms with E-state index in [1.54, 1.807) is 12.3 Å². The van der Waals surface area contributed by atoms with Crippen LogP contribution in [-0.2, 0) is 4.79 Å². The van der Waals surface area contributed by atoms with Crippen molar-refractivity contribution in [2.45, 2.75) is 13.8 Å². The van der Waals surface area contributed by atoms with Crippen molar-refractivity contribution < 1.29 is 4.79 Å². The molecule has 0 radical (unpaired) electrons. The zero-order valence-corrected chi connectivity index (χ0v) is 9.52. The lowest BCUT2D eigenvalue weighted by atomic mass is 10.2. The number of pyridine rings is 1. The van der Waals surface area contributed by atoms with Gasteiger partial charge in [0.2, 0.25) is 0 Å². The van der Waals surface area contributed by atoms with Crippen LogP contribution in [0.25, 0.3) is 0 Å². The lowest BCUT2D eigenvalue weighted by Crippen LogP contribution is -1.92. The van der Waals surface area contributed by atoms with Crippen molar-refractivity contribution in [3.8, 4) is 11.8 Å². The van der Waals surface area contributed by atoms with Crippen LogP contribution in [0, 0.1) is 18.8 Å². The van der Waals surface area contributed by atoms with Crippen molar-refractivity contribution in [2.24, 2.45) is 0 Å². The Hall–Kier alpha value is -1.47. The molecule has 0 atom stereocenters. The van der Waals surface area contributed by atoms with Crippen LogP contribution in [0.2, 0.25) is 0 Å². The lowest BCUT2D eigenvalue weighted by molar-refractivity contribution is -0.109. The molecule has 0 amide bonds.